The van der Waals surface area contributed by atoms with E-state index >= 15 is 0 Å². The van der Waals surface area contributed by atoms with E-state index in [1.165, 1.54) is 0 Å². The molecule has 1 N–H and O–H groups in total. The smallest absolute Gasteiger partial charge is 0.208 e. The molecule has 106 valence electrons. The molecule has 0 radical (unpaired) electrons. The number of nitrogens with zero attached hydrogens (tertiary/aromatic N) is 3. The van der Waals surface area contributed by atoms with E-state index in [1.54, 1.807) is 24.2 Å². The number of H-pyrrole nitrogens is 1. The number of hydrogen-bond donors (Lipinski definition) is 1. The summed E-state index contributed by atoms with van der Waals surface area (Å²) in [4.78, 5) is 8.34. The molecule has 0 fully saturated rings. The first-order chi connectivity index (χ1) is 10.3. The fourth-order valence-electron chi connectivity index (χ4n) is 1.79. The SMILES string of the molecule is Cc1nc(SCc2ccccc2Oc2cccnc2)n[nH]1. The number of para-hydroxylation sites is 1. The number of benzene rings is 1. The van der Waals surface area contributed by atoms with Crippen molar-refractivity contribution in [2.45, 2.75) is 17.8 Å². The molecule has 2 aromatic heterocycles. The molecule has 0 aliphatic carbocycles. The van der Waals surface area contributed by atoms with Crippen molar-refractivity contribution in [1.29, 1.82) is 0 Å². The van der Waals surface area contributed by atoms with Crippen LogP contribution in [0.3, 0.4) is 0 Å². The summed E-state index contributed by atoms with van der Waals surface area (Å²) in [5.41, 5.74) is 1.09. The molecule has 0 atom stereocenters. The van der Waals surface area contributed by atoms with Gasteiger partial charge in [-0.05, 0) is 25.1 Å². The van der Waals surface area contributed by atoms with Gasteiger partial charge in [0, 0.05) is 17.5 Å². The van der Waals surface area contributed by atoms with Crippen molar-refractivity contribution in [3.63, 3.8) is 0 Å². The number of pyridine rings is 1. The Hall–Kier alpha value is -2.34. The van der Waals surface area contributed by atoms with Gasteiger partial charge in [-0.25, -0.2) is 4.98 Å². The molecule has 0 spiro atoms. The predicted octanol–water partition coefficient (Wildman–Crippen LogP) is 3.59. The minimum absolute atomic E-state index is 0.726. The summed E-state index contributed by atoms with van der Waals surface area (Å²) in [6, 6.07) is 11.7. The average Bonchev–Trinajstić information content (AvgIpc) is 2.93. The second-order valence-electron chi connectivity index (χ2n) is 4.39. The van der Waals surface area contributed by atoms with Crippen LogP contribution in [0.1, 0.15) is 11.4 Å². The van der Waals surface area contributed by atoms with E-state index in [1.807, 2.05) is 43.3 Å². The van der Waals surface area contributed by atoms with Crippen molar-refractivity contribution in [3.8, 4) is 11.5 Å². The van der Waals surface area contributed by atoms with E-state index in [9.17, 15) is 0 Å². The standard InChI is InChI=1S/C15H14N4OS/c1-11-17-15(19-18-11)21-10-12-5-2-3-7-14(12)20-13-6-4-8-16-9-13/h2-9H,10H2,1H3,(H,17,18,19). The maximum Gasteiger partial charge on any atom is 0.208 e. The summed E-state index contributed by atoms with van der Waals surface area (Å²) in [7, 11) is 0. The summed E-state index contributed by atoms with van der Waals surface area (Å²) in [5, 5.41) is 7.70. The first-order valence-electron chi connectivity index (χ1n) is 6.49. The van der Waals surface area contributed by atoms with Gasteiger partial charge in [-0.1, -0.05) is 30.0 Å². The summed E-state index contributed by atoms with van der Waals surface area (Å²) in [5.74, 6) is 3.11. The highest BCUT2D eigenvalue weighted by Crippen LogP contribution is 2.29. The van der Waals surface area contributed by atoms with Gasteiger partial charge in [0.2, 0.25) is 5.16 Å². The first kappa shape index (κ1) is 13.6. The molecule has 21 heavy (non-hydrogen) atoms. The molecule has 0 aliphatic rings. The molecule has 0 amide bonds. The Labute approximate surface area is 126 Å². The van der Waals surface area contributed by atoms with Crippen LogP contribution in [0.15, 0.2) is 53.9 Å². The zero-order valence-electron chi connectivity index (χ0n) is 11.5. The topological polar surface area (TPSA) is 63.7 Å². The van der Waals surface area contributed by atoms with Gasteiger partial charge in [-0.15, -0.1) is 5.10 Å². The number of rotatable bonds is 5. The summed E-state index contributed by atoms with van der Waals surface area (Å²) in [6.07, 6.45) is 3.42. The predicted molar refractivity (Wildman–Crippen MR) is 81.4 cm³/mol. The molecule has 0 unspecified atom stereocenters. The number of ether oxygens (including phenoxy) is 1. The Morgan fingerprint density at radius 3 is 2.86 bits per heavy atom. The molecule has 2 heterocycles. The molecule has 3 rings (SSSR count). The molecule has 0 bridgehead atoms. The van der Waals surface area contributed by atoms with Crippen LogP contribution < -0.4 is 4.74 Å². The monoisotopic (exact) mass is 298 g/mol. The van der Waals surface area contributed by atoms with Crippen LogP contribution >= 0.6 is 11.8 Å². The van der Waals surface area contributed by atoms with E-state index in [0.717, 1.165) is 33.8 Å². The lowest BCUT2D eigenvalue weighted by Crippen LogP contribution is -1.91. The van der Waals surface area contributed by atoms with Crippen LogP contribution in [0.5, 0.6) is 11.5 Å². The lowest BCUT2D eigenvalue weighted by atomic mass is 10.2. The second kappa shape index (κ2) is 6.41. The summed E-state index contributed by atoms with van der Waals surface area (Å²) >= 11 is 1.57. The lowest BCUT2D eigenvalue weighted by molar-refractivity contribution is 0.476. The van der Waals surface area contributed by atoms with Crippen molar-refractivity contribution in [2.75, 3.05) is 0 Å². The van der Waals surface area contributed by atoms with E-state index in [4.69, 9.17) is 4.74 Å². The zero-order valence-corrected chi connectivity index (χ0v) is 12.3. The Morgan fingerprint density at radius 2 is 2.10 bits per heavy atom. The van der Waals surface area contributed by atoms with Gasteiger partial charge in [-0.2, -0.15) is 0 Å². The number of aromatic amines is 1. The van der Waals surface area contributed by atoms with Crippen LogP contribution in [0.25, 0.3) is 0 Å². The van der Waals surface area contributed by atoms with E-state index in [0.29, 0.717) is 0 Å². The van der Waals surface area contributed by atoms with Crippen molar-refractivity contribution in [3.05, 3.63) is 60.2 Å². The van der Waals surface area contributed by atoms with Crippen LogP contribution in [0, 0.1) is 6.92 Å². The molecular formula is C15H14N4OS. The minimum Gasteiger partial charge on any atom is -0.455 e. The third-order valence-corrected chi connectivity index (χ3v) is 3.66. The minimum atomic E-state index is 0.726. The summed E-state index contributed by atoms with van der Waals surface area (Å²) < 4.78 is 5.88. The third kappa shape index (κ3) is 3.61. The third-order valence-electron chi connectivity index (χ3n) is 2.77. The Balaban J connectivity index is 1.73. The maximum absolute atomic E-state index is 5.88. The molecule has 6 heteroatoms. The van der Waals surface area contributed by atoms with Gasteiger partial charge in [0.1, 0.15) is 17.3 Å². The van der Waals surface area contributed by atoms with Gasteiger partial charge in [-0.3, -0.25) is 10.1 Å². The highest BCUT2D eigenvalue weighted by molar-refractivity contribution is 7.98. The first-order valence-corrected chi connectivity index (χ1v) is 7.47. The van der Waals surface area contributed by atoms with Gasteiger partial charge in [0.15, 0.2) is 0 Å². The van der Waals surface area contributed by atoms with E-state index in [2.05, 4.69) is 20.2 Å². The lowest BCUT2D eigenvalue weighted by Gasteiger charge is -2.09. The average molecular weight is 298 g/mol. The van der Waals surface area contributed by atoms with Gasteiger partial charge in [0.25, 0.3) is 0 Å². The van der Waals surface area contributed by atoms with Crippen molar-refractivity contribution >= 4 is 11.8 Å². The fraction of sp³-hybridized carbons (Fsp3) is 0.133. The van der Waals surface area contributed by atoms with Crippen LogP contribution in [0.4, 0.5) is 0 Å². The number of aromatic nitrogens is 4. The number of hydrogen-bond acceptors (Lipinski definition) is 5. The molecule has 5 nitrogen and oxygen atoms in total. The molecule has 0 saturated heterocycles. The Bertz CT molecular complexity index is 714. The van der Waals surface area contributed by atoms with Crippen LogP contribution in [0.2, 0.25) is 0 Å². The highest BCUT2D eigenvalue weighted by Gasteiger charge is 2.07. The van der Waals surface area contributed by atoms with E-state index < -0.39 is 0 Å². The Morgan fingerprint density at radius 1 is 1.19 bits per heavy atom. The maximum atomic E-state index is 5.88. The normalized spacial score (nSPS) is 10.5. The van der Waals surface area contributed by atoms with Crippen LogP contribution in [-0.2, 0) is 5.75 Å². The van der Waals surface area contributed by atoms with Gasteiger partial charge >= 0.3 is 0 Å². The number of nitrogens with one attached hydrogen (secondary N) is 1. The van der Waals surface area contributed by atoms with Gasteiger partial charge in [0.05, 0.1) is 6.20 Å². The zero-order chi connectivity index (χ0) is 14.5. The highest BCUT2D eigenvalue weighted by atomic mass is 32.2. The number of thioether (sulfide) groups is 1. The summed E-state index contributed by atoms with van der Waals surface area (Å²) in [6.45, 7) is 1.89. The molecule has 1 aromatic carbocycles. The molecule has 3 aromatic rings. The number of aryl methyl sites for hydroxylation is 1. The molecular weight excluding hydrogens is 284 g/mol. The van der Waals surface area contributed by atoms with Crippen molar-refractivity contribution in [2.24, 2.45) is 0 Å². The van der Waals surface area contributed by atoms with Crippen molar-refractivity contribution < 1.29 is 4.74 Å². The van der Waals surface area contributed by atoms with Crippen molar-refractivity contribution in [1.82, 2.24) is 20.2 Å². The largest absolute Gasteiger partial charge is 0.455 e. The quantitative estimate of drug-likeness (QED) is 0.729. The fourth-order valence-corrected chi connectivity index (χ4v) is 2.62. The van der Waals surface area contributed by atoms with Crippen LogP contribution in [-0.4, -0.2) is 20.2 Å². The molecule has 0 saturated carbocycles. The van der Waals surface area contributed by atoms with Gasteiger partial charge < -0.3 is 4.74 Å². The Kier molecular flexibility index (Phi) is 4.16. The second-order valence-corrected chi connectivity index (χ2v) is 5.33. The molecule has 0 aliphatic heterocycles. The van der Waals surface area contributed by atoms with E-state index in [-0.39, 0.29) is 0 Å².